The predicted molar refractivity (Wildman–Crippen MR) is 95.6 cm³/mol. The summed E-state index contributed by atoms with van der Waals surface area (Å²) < 4.78 is 10.8. The second-order valence-corrected chi connectivity index (χ2v) is 6.62. The minimum Gasteiger partial charge on any atom is -0.494 e. The van der Waals surface area contributed by atoms with Crippen LogP contribution in [0.2, 0.25) is 0 Å². The fourth-order valence-corrected chi connectivity index (χ4v) is 3.48. The molecule has 5 heteroatoms. The molecular weight excluding hydrogens is 322 g/mol. The Hall–Kier alpha value is -2.53. The standard InChI is InChI=1S/C19H19NO3S/c1-2-10-22-15-5-3-13(4-6-15)17-8-7-16(24-17)12-14-9-11-23-18(14)19(20)21/h3-9,11H,2,10,12H2,1H3,(H2,20,21). The number of amides is 1. The highest BCUT2D eigenvalue weighted by Crippen LogP contribution is 2.31. The molecule has 124 valence electrons. The van der Waals surface area contributed by atoms with Crippen LogP contribution in [0.15, 0.2) is 53.1 Å². The summed E-state index contributed by atoms with van der Waals surface area (Å²) in [6, 6.07) is 14.1. The zero-order chi connectivity index (χ0) is 16.9. The van der Waals surface area contributed by atoms with Crippen molar-refractivity contribution >= 4 is 17.2 Å². The van der Waals surface area contributed by atoms with Gasteiger partial charge in [0.15, 0.2) is 5.76 Å². The van der Waals surface area contributed by atoms with E-state index in [-0.39, 0.29) is 5.76 Å². The van der Waals surface area contributed by atoms with Crippen LogP contribution in [0.1, 0.15) is 34.3 Å². The van der Waals surface area contributed by atoms with Crippen LogP contribution in [-0.2, 0) is 6.42 Å². The first-order valence-electron chi connectivity index (χ1n) is 7.85. The van der Waals surface area contributed by atoms with Gasteiger partial charge in [0.05, 0.1) is 12.9 Å². The van der Waals surface area contributed by atoms with Gasteiger partial charge in [-0.05, 0) is 54.4 Å². The van der Waals surface area contributed by atoms with Crippen molar-refractivity contribution in [2.24, 2.45) is 5.73 Å². The predicted octanol–water partition coefficient (Wildman–Crippen LogP) is 4.49. The van der Waals surface area contributed by atoms with Gasteiger partial charge in [0, 0.05) is 21.7 Å². The Morgan fingerprint density at radius 2 is 1.96 bits per heavy atom. The zero-order valence-electron chi connectivity index (χ0n) is 13.5. The van der Waals surface area contributed by atoms with Crippen molar-refractivity contribution in [1.29, 1.82) is 0 Å². The molecule has 0 atom stereocenters. The van der Waals surface area contributed by atoms with Gasteiger partial charge in [-0.2, -0.15) is 0 Å². The lowest BCUT2D eigenvalue weighted by Gasteiger charge is -2.04. The van der Waals surface area contributed by atoms with Crippen molar-refractivity contribution in [3.8, 4) is 16.2 Å². The number of rotatable bonds is 7. The first-order chi connectivity index (χ1) is 11.7. The van der Waals surface area contributed by atoms with E-state index in [1.807, 2.05) is 12.1 Å². The van der Waals surface area contributed by atoms with Gasteiger partial charge in [0.25, 0.3) is 5.91 Å². The number of hydrogen-bond acceptors (Lipinski definition) is 4. The Labute approximate surface area is 144 Å². The van der Waals surface area contributed by atoms with E-state index in [1.54, 1.807) is 17.4 Å². The molecular formula is C19H19NO3S. The number of ether oxygens (including phenoxy) is 1. The Balaban J connectivity index is 1.73. The maximum absolute atomic E-state index is 11.3. The van der Waals surface area contributed by atoms with E-state index >= 15 is 0 Å². The molecule has 1 aromatic carbocycles. The van der Waals surface area contributed by atoms with Crippen molar-refractivity contribution in [2.45, 2.75) is 19.8 Å². The maximum atomic E-state index is 11.3. The third-order valence-electron chi connectivity index (χ3n) is 3.61. The van der Waals surface area contributed by atoms with Crippen LogP contribution < -0.4 is 10.5 Å². The molecule has 0 saturated heterocycles. The largest absolute Gasteiger partial charge is 0.494 e. The molecule has 0 radical (unpaired) electrons. The number of carbonyl (C=O) groups is 1. The fraction of sp³-hybridized carbons (Fsp3) is 0.211. The first-order valence-corrected chi connectivity index (χ1v) is 8.67. The number of hydrogen-bond donors (Lipinski definition) is 1. The first kappa shape index (κ1) is 16.3. The molecule has 0 saturated carbocycles. The fourth-order valence-electron chi connectivity index (χ4n) is 2.44. The highest BCUT2D eigenvalue weighted by Gasteiger charge is 2.13. The van der Waals surface area contributed by atoms with Crippen LogP contribution in [0.3, 0.4) is 0 Å². The lowest BCUT2D eigenvalue weighted by Crippen LogP contribution is -2.11. The molecule has 2 aromatic heterocycles. The van der Waals surface area contributed by atoms with E-state index in [4.69, 9.17) is 14.9 Å². The van der Waals surface area contributed by atoms with Crippen LogP contribution in [0.4, 0.5) is 0 Å². The van der Waals surface area contributed by atoms with Gasteiger partial charge in [-0.15, -0.1) is 11.3 Å². The molecule has 0 spiro atoms. The van der Waals surface area contributed by atoms with Crippen molar-refractivity contribution in [3.05, 3.63) is 64.9 Å². The molecule has 4 nitrogen and oxygen atoms in total. The minimum atomic E-state index is -0.533. The molecule has 3 aromatic rings. The number of nitrogens with two attached hydrogens (primary N) is 1. The monoisotopic (exact) mass is 341 g/mol. The Bertz CT molecular complexity index is 817. The summed E-state index contributed by atoms with van der Waals surface area (Å²) in [4.78, 5) is 13.7. The van der Waals surface area contributed by atoms with E-state index in [0.717, 1.165) is 34.8 Å². The second kappa shape index (κ2) is 7.36. The summed E-state index contributed by atoms with van der Waals surface area (Å²) in [5.74, 6) is 0.596. The third kappa shape index (κ3) is 3.68. The number of carbonyl (C=O) groups excluding carboxylic acids is 1. The van der Waals surface area contributed by atoms with Crippen LogP contribution in [-0.4, -0.2) is 12.5 Å². The highest BCUT2D eigenvalue weighted by atomic mass is 32.1. The summed E-state index contributed by atoms with van der Waals surface area (Å²) in [5, 5.41) is 0. The SMILES string of the molecule is CCCOc1ccc(-c2ccc(Cc3ccoc3C(N)=O)s2)cc1. The normalized spacial score (nSPS) is 10.7. The van der Waals surface area contributed by atoms with Gasteiger partial charge < -0.3 is 14.9 Å². The number of benzene rings is 1. The Morgan fingerprint density at radius 1 is 1.17 bits per heavy atom. The van der Waals surface area contributed by atoms with Crippen LogP contribution in [0.5, 0.6) is 5.75 Å². The molecule has 3 rings (SSSR count). The molecule has 0 fully saturated rings. The summed E-state index contributed by atoms with van der Waals surface area (Å²) in [6.07, 6.45) is 3.13. The molecule has 2 N–H and O–H groups in total. The van der Waals surface area contributed by atoms with Gasteiger partial charge in [-0.25, -0.2) is 0 Å². The van der Waals surface area contributed by atoms with Gasteiger partial charge in [0.2, 0.25) is 0 Å². The smallest absolute Gasteiger partial charge is 0.284 e. The highest BCUT2D eigenvalue weighted by molar-refractivity contribution is 7.15. The lowest BCUT2D eigenvalue weighted by atomic mass is 10.1. The summed E-state index contributed by atoms with van der Waals surface area (Å²) in [6.45, 7) is 2.82. The Kier molecular flexibility index (Phi) is 5.01. The van der Waals surface area contributed by atoms with E-state index in [2.05, 4.69) is 31.2 Å². The summed E-state index contributed by atoms with van der Waals surface area (Å²) >= 11 is 1.69. The molecule has 24 heavy (non-hydrogen) atoms. The van der Waals surface area contributed by atoms with Crippen molar-refractivity contribution in [3.63, 3.8) is 0 Å². The minimum absolute atomic E-state index is 0.238. The molecule has 0 aliphatic heterocycles. The third-order valence-corrected chi connectivity index (χ3v) is 4.74. The van der Waals surface area contributed by atoms with Gasteiger partial charge in [-0.3, -0.25) is 4.79 Å². The van der Waals surface area contributed by atoms with E-state index in [1.165, 1.54) is 11.1 Å². The van der Waals surface area contributed by atoms with Gasteiger partial charge in [-0.1, -0.05) is 6.92 Å². The molecule has 2 heterocycles. The molecule has 0 aliphatic carbocycles. The quantitative estimate of drug-likeness (QED) is 0.689. The van der Waals surface area contributed by atoms with Crippen LogP contribution >= 0.6 is 11.3 Å². The second-order valence-electron chi connectivity index (χ2n) is 5.45. The maximum Gasteiger partial charge on any atom is 0.284 e. The van der Waals surface area contributed by atoms with Crippen LogP contribution in [0.25, 0.3) is 10.4 Å². The van der Waals surface area contributed by atoms with Crippen molar-refractivity contribution in [2.75, 3.05) is 6.61 Å². The van der Waals surface area contributed by atoms with E-state index in [9.17, 15) is 4.79 Å². The summed E-state index contributed by atoms with van der Waals surface area (Å²) in [5.41, 5.74) is 7.29. The summed E-state index contributed by atoms with van der Waals surface area (Å²) in [7, 11) is 0. The van der Waals surface area contributed by atoms with Crippen molar-refractivity contribution in [1.82, 2.24) is 0 Å². The average Bonchev–Trinajstić information content (AvgIpc) is 3.23. The molecule has 0 unspecified atom stereocenters. The van der Waals surface area contributed by atoms with Gasteiger partial charge >= 0.3 is 0 Å². The molecule has 0 aliphatic rings. The van der Waals surface area contributed by atoms with E-state index < -0.39 is 5.91 Å². The van der Waals surface area contributed by atoms with E-state index in [0.29, 0.717) is 6.42 Å². The molecule has 1 amide bonds. The van der Waals surface area contributed by atoms with Gasteiger partial charge in [0.1, 0.15) is 5.75 Å². The van der Waals surface area contributed by atoms with Crippen molar-refractivity contribution < 1.29 is 13.9 Å². The topological polar surface area (TPSA) is 65.5 Å². The Morgan fingerprint density at radius 3 is 2.67 bits per heavy atom. The number of primary amides is 1. The van der Waals surface area contributed by atoms with Crippen LogP contribution in [0, 0.1) is 0 Å². The number of thiophene rings is 1. The average molecular weight is 341 g/mol. The number of furan rings is 1. The lowest BCUT2D eigenvalue weighted by molar-refractivity contribution is 0.0973. The zero-order valence-corrected chi connectivity index (χ0v) is 14.3. The molecule has 0 bridgehead atoms.